The average molecular weight is 693 g/mol. The van der Waals surface area contributed by atoms with E-state index in [1.807, 2.05) is 19.1 Å². The van der Waals surface area contributed by atoms with Gasteiger partial charge in [-0.25, -0.2) is 0 Å². The van der Waals surface area contributed by atoms with E-state index in [0.717, 1.165) is 49.2 Å². The second kappa shape index (κ2) is 18.8. The smallest absolute Gasteiger partial charge is 0.306 e. The van der Waals surface area contributed by atoms with Crippen LogP contribution in [0.1, 0.15) is 69.9 Å². The fourth-order valence-corrected chi connectivity index (χ4v) is 5.87. The Bertz CT molecular complexity index is 1210. The monoisotopic (exact) mass is 692 g/mol. The van der Waals surface area contributed by atoms with Gasteiger partial charge >= 0.3 is 11.9 Å². The molecule has 0 aliphatic rings. The van der Waals surface area contributed by atoms with E-state index < -0.39 is 0 Å². The minimum absolute atomic E-state index is 0.203. The van der Waals surface area contributed by atoms with Gasteiger partial charge in [0.2, 0.25) is 0 Å². The molecule has 8 heteroatoms. The Kier molecular flexibility index (Phi) is 15.1. The second-order valence-corrected chi connectivity index (χ2v) is 11.7. The van der Waals surface area contributed by atoms with E-state index in [1.165, 1.54) is 20.3 Å². The summed E-state index contributed by atoms with van der Waals surface area (Å²) in [6.07, 6.45) is 6.94. The van der Waals surface area contributed by atoms with Crippen LogP contribution >= 0.6 is 33.9 Å². The van der Waals surface area contributed by atoms with E-state index in [2.05, 4.69) is 63.7 Å². The van der Waals surface area contributed by atoms with Crippen molar-refractivity contribution in [1.82, 2.24) is 0 Å². The van der Waals surface area contributed by atoms with Crippen LogP contribution in [0.15, 0.2) is 53.2 Å². The van der Waals surface area contributed by atoms with Crippen molar-refractivity contribution in [2.75, 3.05) is 26.4 Å². The molecule has 0 fully saturated rings. The second-order valence-electron chi connectivity index (χ2n) is 9.66. The van der Waals surface area contributed by atoms with Gasteiger partial charge in [-0.2, -0.15) is 11.3 Å². The summed E-state index contributed by atoms with van der Waals surface area (Å²) < 4.78 is 23.5. The van der Waals surface area contributed by atoms with Crippen LogP contribution in [-0.2, 0) is 31.9 Å². The zero-order valence-electron chi connectivity index (χ0n) is 24.1. The molecule has 6 nitrogen and oxygen atoms in total. The summed E-state index contributed by atoms with van der Waals surface area (Å²) >= 11 is 4.04. The maximum absolute atomic E-state index is 12.1. The van der Waals surface area contributed by atoms with E-state index in [1.54, 1.807) is 18.3 Å². The Morgan fingerprint density at radius 1 is 0.780 bits per heavy atom. The number of aryl methyl sites for hydroxylation is 1. The number of esters is 2. The molecular weight excluding hydrogens is 651 g/mol. The Hall–Kier alpha value is -2.59. The molecule has 0 saturated carbocycles. The number of thiophene rings is 1. The zero-order valence-corrected chi connectivity index (χ0v) is 27.1. The molecule has 1 aromatic heterocycles. The largest absolute Gasteiger partial charge is 0.494 e. The molecule has 0 spiro atoms. The highest BCUT2D eigenvalue weighted by molar-refractivity contribution is 14.1. The third-order valence-electron chi connectivity index (χ3n) is 6.54. The van der Waals surface area contributed by atoms with Crippen molar-refractivity contribution in [3.8, 4) is 22.6 Å². The summed E-state index contributed by atoms with van der Waals surface area (Å²) in [7, 11) is 0. The van der Waals surface area contributed by atoms with Crippen molar-refractivity contribution < 1.29 is 28.5 Å². The lowest BCUT2D eigenvalue weighted by Crippen LogP contribution is -2.10. The molecule has 3 rings (SSSR count). The average Bonchev–Trinajstić information content (AvgIpc) is 3.50. The van der Waals surface area contributed by atoms with Crippen molar-refractivity contribution in [3.63, 3.8) is 0 Å². The highest BCUT2D eigenvalue weighted by Gasteiger charge is 2.13. The fourth-order valence-electron chi connectivity index (χ4n) is 4.56. The first-order valence-corrected chi connectivity index (χ1v) is 16.5. The van der Waals surface area contributed by atoms with Gasteiger partial charge in [0, 0.05) is 16.4 Å². The van der Waals surface area contributed by atoms with Gasteiger partial charge < -0.3 is 18.9 Å². The Morgan fingerprint density at radius 3 is 2.29 bits per heavy atom. The number of halogens is 1. The highest BCUT2D eigenvalue weighted by Crippen LogP contribution is 2.29. The number of ether oxygens (including phenoxy) is 4. The summed E-state index contributed by atoms with van der Waals surface area (Å²) in [6, 6.07) is 14.6. The minimum Gasteiger partial charge on any atom is -0.494 e. The summed E-state index contributed by atoms with van der Waals surface area (Å²) in [5.74, 6) is 1.29. The fraction of sp³-hybridized carbons (Fsp3) is 0.455. The molecule has 0 bridgehead atoms. The molecule has 0 radical (unpaired) electrons. The Labute approximate surface area is 261 Å². The van der Waals surface area contributed by atoms with E-state index in [-0.39, 0.29) is 11.9 Å². The first kappa shape index (κ1) is 32.9. The number of unbranched alkanes of at least 4 members (excludes halogenated alkanes) is 3. The number of carbonyl (C=O) groups excluding carboxylic acids is 2. The lowest BCUT2D eigenvalue weighted by molar-refractivity contribution is -0.144. The van der Waals surface area contributed by atoms with Crippen molar-refractivity contribution in [2.45, 2.75) is 71.6 Å². The van der Waals surface area contributed by atoms with Crippen molar-refractivity contribution in [1.29, 1.82) is 0 Å². The Balaban J connectivity index is 1.47. The van der Waals surface area contributed by atoms with Crippen LogP contribution in [0.3, 0.4) is 0 Å². The molecule has 1 heterocycles. The third-order valence-corrected chi connectivity index (χ3v) is 7.84. The van der Waals surface area contributed by atoms with E-state index in [9.17, 15) is 9.59 Å². The predicted molar refractivity (Wildman–Crippen MR) is 173 cm³/mol. The maximum atomic E-state index is 12.1. The number of benzene rings is 2. The van der Waals surface area contributed by atoms with Crippen LogP contribution in [0, 0.1) is 3.57 Å². The van der Waals surface area contributed by atoms with Gasteiger partial charge in [-0.3, -0.25) is 9.59 Å². The molecule has 3 aromatic rings. The van der Waals surface area contributed by atoms with Gasteiger partial charge in [-0.05, 0) is 132 Å². The van der Waals surface area contributed by atoms with Crippen LogP contribution in [0.4, 0.5) is 0 Å². The molecule has 41 heavy (non-hydrogen) atoms. The quantitative estimate of drug-likeness (QED) is 0.0714. The lowest BCUT2D eigenvalue weighted by atomic mass is 9.96. The molecule has 0 aliphatic heterocycles. The number of hydrogen-bond donors (Lipinski definition) is 0. The molecule has 0 atom stereocenters. The van der Waals surface area contributed by atoms with Gasteiger partial charge in [-0.15, -0.1) is 0 Å². The summed E-state index contributed by atoms with van der Waals surface area (Å²) in [5, 5.41) is 4.25. The standard InChI is InChI=1S/C33H41IO6S/c1-3-37-32(35)14-10-19-40-31-13-9-12-25(30(31)15-16-33(36)38-4-2)11-7-5-6-8-18-39-29-22-27(21-28(34)23-29)26-17-20-41-24-26/h9,12-13,17,20-24H,3-8,10-11,14-16,18-19H2,1-2H3. The molecule has 0 N–H and O–H groups in total. The van der Waals surface area contributed by atoms with Gasteiger partial charge in [0.05, 0.1) is 26.4 Å². The Morgan fingerprint density at radius 2 is 1.54 bits per heavy atom. The van der Waals surface area contributed by atoms with E-state index >= 15 is 0 Å². The predicted octanol–water partition coefficient (Wildman–Crippen LogP) is 8.42. The number of rotatable bonds is 19. The molecule has 0 saturated heterocycles. The first-order chi connectivity index (χ1) is 20.0. The zero-order chi connectivity index (χ0) is 29.3. The lowest BCUT2D eigenvalue weighted by Gasteiger charge is -2.16. The summed E-state index contributed by atoms with van der Waals surface area (Å²) in [4.78, 5) is 23.7. The van der Waals surface area contributed by atoms with Gasteiger partial charge in [-0.1, -0.05) is 25.0 Å². The molecule has 0 unspecified atom stereocenters. The summed E-state index contributed by atoms with van der Waals surface area (Å²) in [6.45, 7) is 5.50. The van der Waals surface area contributed by atoms with Crippen LogP contribution in [0.5, 0.6) is 11.5 Å². The van der Waals surface area contributed by atoms with Crippen LogP contribution in [0.2, 0.25) is 0 Å². The van der Waals surface area contributed by atoms with E-state index in [0.29, 0.717) is 52.1 Å². The van der Waals surface area contributed by atoms with Gasteiger partial charge in [0.1, 0.15) is 11.5 Å². The molecule has 222 valence electrons. The van der Waals surface area contributed by atoms with Crippen LogP contribution < -0.4 is 9.47 Å². The van der Waals surface area contributed by atoms with Crippen molar-refractivity contribution >= 4 is 45.9 Å². The van der Waals surface area contributed by atoms with Gasteiger partial charge in [0.15, 0.2) is 0 Å². The highest BCUT2D eigenvalue weighted by atomic mass is 127. The van der Waals surface area contributed by atoms with Crippen molar-refractivity contribution in [2.24, 2.45) is 0 Å². The molecule has 0 amide bonds. The third kappa shape index (κ3) is 12.0. The van der Waals surface area contributed by atoms with E-state index in [4.69, 9.17) is 18.9 Å². The van der Waals surface area contributed by atoms with Crippen molar-refractivity contribution in [3.05, 3.63) is 67.9 Å². The molecule has 2 aromatic carbocycles. The topological polar surface area (TPSA) is 71.1 Å². The summed E-state index contributed by atoms with van der Waals surface area (Å²) in [5.41, 5.74) is 4.68. The molecule has 0 aliphatic carbocycles. The van der Waals surface area contributed by atoms with Crippen LogP contribution in [-0.4, -0.2) is 38.4 Å². The normalized spacial score (nSPS) is 10.8. The van der Waals surface area contributed by atoms with Gasteiger partial charge in [0.25, 0.3) is 0 Å². The minimum atomic E-state index is -0.209. The number of carbonyl (C=O) groups is 2. The van der Waals surface area contributed by atoms with Crippen LogP contribution in [0.25, 0.3) is 11.1 Å². The number of hydrogen-bond acceptors (Lipinski definition) is 7. The SMILES string of the molecule is CCOC(=O)CCCOc1cccc(CCCCCCOc2cc(I)cc(-c3ccsc3)c2)c1CCC(=O)OCC. The maximum Gasteiger partial charge on any atom is 0.306 e. The first-order valence-electron chi connectivity index (χ1n) is 14.5. The molecular formula is C33H41IO6S.